The molecule has 4 heteroatoms. The van der Waals surface area contributed by atoms with E-state index in [0.29, 0.717) is 5.92 Å². The van der Waals surface area contributed by atoms with Crippen molar-refractivity contribution in [3.8, 4) is 0 Å². The van der Waals surface area contributed by atoms with Gasteiger partial charge < -0.3 is 5.11 Å². The van der Waals surface area contributed by atoms with E-state index in [-0.39, 0.29) is 6.61 Å². The molecule has 25 heavy (non-hydrogen) atoms. The summed E-state index contributed by atoms with van der Waals surface area (Å²) in [5.41, 5.74) is 6.46. The van der Waals surface area contributed by atoms with E-state index in [1.807, 2.05) is 42.5 Å². The molecule has 1 aliphatic rings. The van der Waals surface area contributed by atoms with E-state index >= 15 is 0 Å². The average Bonchev–Trinajstić information content (AvgIpc) is 2.90. The monoisotopic (exact) mass is 409 g/mol. The first-order chi connectivity index (χ1) is 12.0. The van der Waals surface area contributed by atoms with Crippen LogP contribution in [0.1, 0.15) is 31.9 Å². The minimum absolute atomic E-state index is 0.140. The predicted molar refractivity (Wildman–Crippen MR) is 105 cm³/mol. The maximum absolute atomic E-state index is 8.54. The second-order valence-corrected chi connectivity index (χ2v) is 8.25. The molecule has 1 atom stereocenters. The fourth-order valence-electron chi connectivity index (χ4n) is 2.73. The molecule has 132 valence electrons. The fourth-order valence-corrected chi connectivity index (χ4v) is 2.73. The van der Waals surface area contributed by atoms with Crippen LogP contribution in [-0.2, 0) is 23.6 Å². The summed E-state index contributed by atoms with van der Waals surface area (Å²) in [5.74, 6) is 0.536. The first-order valence-corrected chi connectivity index (χ1v) is 12.3. The number of hydrogen-bond donors (Lipinski definition) is 1. The van der Waals surface area contributed by atoms with Gasteiger partial charge in [-0.15, -0.1) is 41.5 Å². The Morgan fingerprint density at radius 1 is 1.04 bits per heavy atom. The zero-order chi connectivity index (χ0) is 18.7. The van der Waals surface area contributed by atoms with Crippen molar-refractivity contribution in [1.29, 1.82) is 0 Å². The number of rotatable bonds is 2. The summed E-state index contributed by atoms with van der Waals surface area (Å²) in [7, 11) is 9.78. The van der Waals surface area contributed by atoms with Crippen LogP contribution in [0.5, 0.6) is 0 Å². The van der Waals surface area contributed by atoms with E-state index in [4.69, 9.17) is 23.7 Å². The Hall–Kier alpha value is -0.826. The summed E-state index contributed by atoms with van der Waals surface area (Å²) in [4.78, 5) is 0. The number of benzene rings is 2. The molecule has 0 saturated carbocycles. The third-order valence-electron chi connectivity index (χ3n) is 3.98. The summed E-state index contributed by atoms with van der Waals surface area (Å²) in [6.45, 7) is 6.77. The Kier molecular flexibility index (Phi) is 11.1. The molecule has 1 N–H and O–H groups in total. The molecule has 0 spiro atoms. The summed E-state index contributed by atoms with van der Waals surface area (Å²) in [5, 5.41) is 8.54. The molecule has 0 bridgehead atoms. The van der Waals surface area contributed by atoms with Crippen LogP contribution >= 0.6 is 18.6 Å². The van der Waals surface area contributed by atoms with Crippen LogP contribution in [0.15, 0.2) is 71.8 Å². The zero-order valence-electron chi connectivity index (χ0n) is 14.8. The van der Waals surface area contributed by atoms with E-state index in [1.54, 1.807) is 0 Å². The molecule has 0 fully saturated rings. The molecule has 0 aromatic heterocycles. The number of aliphatic hydroxyl groups is 1. The van der Waals surface area contributed by atoms with E-state index in [9.17, 15) is 0 Å². The van der Waals surface area contributed by atoms with Crippen LogP contribution in [0.3, 0.4) is 0 Å². The molecule has 0 saturated heterocycles. The zero-order valence-corrected chi connectivity index (χ0v) is 17.8. The van der Waals surface area contributed by atoms with Gasteiger partial charge in [0.25, 0.3) is 0 Å². The van der Waals surface area contributed by atoms with Crippen molar-refractivity contribution < 1.29 is 22.1 Å². The van der Waals surface area contributed by atoms with Crippen molar-refractivity contribution in [3.05, 3.63) is 89.0 Å². The normalized spacial score (nSPS) is 15.4. The summed E-state index contributed by atoms with van der Waals surface area (Å²) < 4.78 is 0. The van der Waals surface area contributed by atoms with E-state index < -0.39 is 17.0 Å². The van der Waals surface area contributed by atoms with E-state index in [1.165, 1.54) is 22.3 Å². The summed E-state index contributed by atoms with van der Waals surface area (Å²) in [6.07, 6.45) is 2.32. The standard InChI is InChI=1S/C14H15.C7H8O.2ClH.Ti/c1-10-9-11(2)14(12(10)3)13-7-5-4-6-8-13;8-6-7-4-2-1-3-5-7;;;/h4-7,9,11H,1-3H3;1-5,8H,6H2;2*1H;/q-1;;;;+2/p-2. The second-order valence-electron chi connectivity index (χ2n) is 5.67. The topological polar surface area (TPSA) is 20.2 Å². The van der Waals surface area contributed by atoms with Crippen molar-refractivity contribution in [2.45, 2.75) is 27.4 Å². The Bertz CT molecular complexity index is 682. The quantitative estimate of drug-likeness (QED) is 0.448. The molecule has 1 aliphatic carbocycles. The number of hydrogen-bond acceptors (Lipinski definition) is 1. The minimum atomic E-state index is -0.556. The van der Waals surface area contributed by atoms with Gasteiger partial charge in [-0.05, 0) is 25.3 Å². The van der Waals surface area contributed by atoms with Crippen molar-refractivity contribution in [2.75, 3.05) is 0 Å². The fraction of sp³-hybridized carbons (Fsp3) is 0.238. The van der Waals surface area contributed by atoms with Crippen molar-refractivity contribution in [1.82, 2.24) is 0 Å². The molecule has 1 unspecified atom stereocenters. The van der Waals surface area contributed by atoms with E-state index in [2.05, 4.69) is 45.0 Å². The molecule has 1 nitrogen and oxygen atoms in total. The molecular formula is C21H23Cl2OTi-. The molecule has 0 aliphatic heterocycles. The van der Waals surface area contributed by atoms with Gasteiger partial charge in [0, 0.05) is 0 Å². The van der Waals surface area contributed by atoms with Gasteiger partial charge in [-0.1, -0.05) is 54.5 Å². The van der Waals surface area contributed by atoms with Gasteiger partial charge in [-0.25, -0.2) is 0 Å². The second kappa shape index (κ2) is 12.5. The van der Waals surface area contributed by atoms with Crippen LogP contribution in [0.25, 0.3) is 5.57 Å². The van der Waals surface area contributed by atoms with Crippen LogP contribution < -0.4 is 0 Å². The molecule has 3 rings (SSSR count). The van der Waals surface area contributed by atoms with Crippen molar-refractivity contribution >= 4 is 24.2 Å². The van der Waals surface area contributed by atoms with Crippen molar-refractivity contribution in [3.63, 3.8) is 0 Å². The van der Waals surface area contributed by atoms with Crippen LogP contribution in [0.4, 0.5) is 0 Å². The first kappa shape index (κ1) is 22.2. The summed E-state index contributed by atoms with van der Waals surface area (Å²) in [6, 6.07) is 21.0. The maximum atomic E-state index is 8.54. The summed E-state index contributed by atoms with van der Waals surface area (Å²) >= 11 is -0.556. The Morgan fingerprint density at radius 2 is 1.64 bits per heavy atom. The van der Waals surface area contributed by atoms with Gasteiger partial charge in [0.15, 0.2) is 0 Å². The third kappa shape index (κ3) is 7.52. The predicted octanol–water partition coefficient (Wildman–Crippen LogP) is 6.41. The third-order valence-corrected chi connectivity index (χ3v) is 3.98. The van der Waals surface area contributed by atoms with Crippen LogP contribution in [0, 0.1) is 12.0 Å². The van der Waals surface area contributed by atoms with Gasteiger partial charge in [0.2, 0.25) is 0 Å². The molecule has 0 amide bonds. The van der Waals surface area contributed by atoms with Gasteiger partial charge >= 0.3 is 35.6 Å². The molecule has 2 aromatic carbocycles. The Morgan fingerprint density at radius 3 is 2.04 bits per heavy atom. The molecule has 0 heterocycles. The first-order valence-electron chi connectivity index (χ1n) is 8.02. The molecule has 2 aromatic rings. The Balaban J connectivity index is 0.000000241. The van der Waals surface area contributed by atoms with E-state index in [0.717, 1.165) is 5.56 Å². The number of aliphatic hydroxyl groups excluding tert-OH is 1. The van der Waals surface area contributed by atoms with Gasteiger partial charge in [0.05, 0.1) is 6.61 Å². The van der Waals surface area contributed by atoms with Crippen LogP contribution in [0.2, 0.25) is 0 Å². The number of halogens is 2. The average molecular weight is 410 g/mol. The Labute approximate surface area is 168 Å². The van der Waals surface area contributed by atoms with Gasteiger partial charge in [-0.2, -0.15) is 0 Å². The van der Waals surface area contributed by atoms with Crippen LogP contribution in [-0.4, -0.2) is 5.11 Å². The van der Waals surface area contributed by atoms with Gasteiger partial charge in [0.1, 0.15) is 0 Å². The SMILES string of the molecule is CC1=CC(C)C(c2[c-]cccc2)=C1C.OCc1ccccc1.[Cl][Ti][Cl]. The molecule has 0 radical (unpaired) electrons. The molecular weight excluding hydrogens is 387 g/mol. The van der Waals surface area contributed by atoms with Gasteiger partial charge in [-0.3, -0.25) is 0 Å². The number of allylic oxidation sites excluding steroid dienone is 4. The van der Waals surface area contributed by atoms with Crippen molar-refractivity contribution in [2.24, 2.45) is 5.92 Å².